The van der Waals surface area contributed by atoms with E-state index in [2.05, 4.69) is 15.8 Å². The Labute approximate surface area is 92.5 Å². The summed E-state index contributed by atoms with van der Waals surface area (Å²) >= 11 is 0. The van der Waals surface area contributed by atoms with Gasteiger partial charge in [-0.2, -0.15) is 0 Å². The maximum Gasteiger partial charge on any atom is 0.271 e. The van der Waals surface area contributed by atoms with Gasteiger partial charge >= 0.3 is 0 Å². The summed E-state index contributed by atoms with van der Waals surface area (Å²) in [5.41, 5.74) is 7.98. The number of nitrogens with one attached hydrogen (secondary N) is 2. The van der Waals surface area contributed by atoms with E-state index in [1.165, 1.54) is 6.92 Å². The molecule has 0 aliphatic heterocycles. The molecule has 0 spiro atoms. The van der Waals surface area contributed by atoms with Gasteiger partial charge in [0.05, 0.1) is 0 Å². The predicted molar refractivity (Wildman–Crippen MR) is 59.3 cm³/mol. The van der Waals surface area contributed by atoms with E-state index in [1.54, 1.807) is 30.3 Å². The summed E-state index contributed by atoms with van der Waals surface area (Å²) < 4.78 is 0. The van der Waals surface area contributed by atoms with Gasteiger partial charge in [-0.05, 0) is 12.1 Å². The summed E-state index contributed by atoms with van der Waals surface area (Å²) in [6, 6.07) is 8.54. The van der Waals surface area contributed by atoms with Crippen molar-refractivity contribution in [1.29, 1.82) is 0 Å². The molecule has 0 saturated heterocycles. The van der Waals surface area contributed by atoms with Gasteiger partial charge in [0.2, 0.25) is 11.9 Å². The molecule has 16 heavy (non-hydrogen) atoms. The molecule has 0 fully saturated rings. The largest absolute Gasteiger partial charge is 0.368 e. The topological polar surface area (TPSA) is 96.6 Å². The van der Waals surface area contributed by atoms with Crippen LogP contribution in [0.1, 0.15) is 17.3 Å². The minimum absolute atomic E-state index is 0.156. The highest BCUT2D eigenvalue weighted by Crippen LogP contribution is 1.97. The smallest absolute Gasteiger partial charge is 0.271 e. The van der Waals surface area contributed by atoms with E-state index < -0.39 is 5.91 Å². The number of nitrogens with two attached hydrogens (primary N) is 1. The Bertz CT molecular complexity index is 414. The lowest BCUT2D eigenvalue weighted by atomic mass is 10.2. The van der Waals surface area contributed by atoms with E-state index in [0.29, 0.717) is 5.56 Å². The number of benzene rings is 1. The standard InChI is InChI=1S/C10H12N4O2/c1-7(15)12-10(11)14-13-9(16)8-5-3-2-4-6-8/h2-6H,1H3,(H,13,16)(H3,11,12,14,15). The van der Waals surface area contributed by atoms with Crippen LogP contribution in [0.25, 0.3) is 0 Å². The van der Waals surface area contributed by atoms with Gasteiger partial charge in [0.25, 0.3) is 5.91 Å². The summed E-state index contributed by atoms with van der Waals surface area (Å²) in [7, 11) is 0. The van der Waals surface area contributed by atoms with Gasteiger partial charge in [0, 0.05) is 12.5 Å². The third-order valence-corrected chi connectivity index (χ3v) is 1.62. The average molecular weight is 220 g/mol. The van der Waals surface area contributed by atoms with Crippen LogP contribution in [0.2, 0.25) is 0 Å². The van der Waals surface area contributed by atoms with Crippen molar-refractivity contribution in [3.05, 3.63) is 35.9 Å². The molecule has 6 heteroatoms. The van der Waals surface area contributed by atoms with E-state index in [4.69, 9.17) is 5.73 Å². The van der Waals surface area contributed by atoms with E-state index in [1.807, 2.05) is 0 Å². The number of guanidine groups is 1. The van der Waals surface area contributed by atoms with E-state index >= 15 is 0 Å². The molecule has 0 aromatic heterocycles. The summed E-state index contributed by atoms with van der Waals surface area (Å²) in [5, 5.41) is 5.73. The van der Waals surface area contributed by atoms with Gasteiger partial charge < -0.3 is 5.73 Å². The molecule has 84 valence electrons. The fourth-order valence-corrected chi connectivity index (χ4v) is 0.973. The Hall–Kier alpha value is -2.37. The van der Waals surface area contributed by atoms with Crippen LogP contribution >= 0.6 is 0 Å². The molecule has 0 aliphatic rings. The maximum atomic E-state index is 11.4. The number of nitrogens with zero attached hydrogens (tertiary/aromatic N) is 1. The van der Waals surface area contributed by atoms with E-state index in [9.17, 15) is 9.59 Å². The number of rotatable bonds is 2. The molecule has 1 aromatic rings. The molecule has 0 atom stereocenters. The molecular formula is C10H12N4O2. The highest BCUT2D eigenvalue weighted by atomic mass is 16.2. The molecule has 0 bridgehead atoms. The normalized spacial score (nSPS) is 10.7. The van der Waals surface area contributed by atoms with Crippen LogP contribution in [0.5, 0.6) is 0 Å². The van der Waals surface area contributed by atoms with Gasteiger partial charge in [-0.25, -0.2) is 5.43 Å². The van der Waals surface area contributed by atoms with E-state index in [-0.39, 0.29) is 11.9 Å². The second-order valence-electron chi connectivity index (χ2n) is 2.99. The Morgan fingerprint density at radius 3 is 2.44 bits per heavy atom. The monoisotopic (exact) mass is 220 g/mol. The van der Waals surface area contributed by atoms with Crippen molar-refractivity contribution in [2.75, 3.05) is 0 Å². The molecule has 1 rings (SSSR count). The summed E-state index contributed by atoms with van der Waals surface area (Å²) in [6.45, 7) is 1.29. The maximum absolute atomic E-state index is 11.4. The van der Waals surface area contributed by atoms with Gasteiger partial charge in [-0.1, -0.05) is 18.2 Å². The van der Waals surface area contributed by atoms with Crippen LogP contribution in [0, 0.1) is 0 Å². The molecule has 0 radical (unpaired) electrons. The van der Waals surface area contributed by atoms with Gasteiger partial charge in [0.15, 0.2) is 0 Å². The van der Waals surface area contributed by atoms with Crippen molar-refractivity contribution in [2.24, 2.45) is 10.8 Å². The second-order valence-corrected chi connectivity index (χ2v) is 2.99. The van der Waals surface area contributed by atoms with Crippen molar-refractivity contribution in [2.45, 2.75) is 6.92 Å². The van der Waals surface area contributed by atoms with Crippen molar-refractivity contribution in [3.8, 4) is 0 Å². The van der Waals surface area contributed by atoms with E-state index in [0.717, 1.165) is 0 Å². The van der Waals surface area contributed by atoms with Crippen molar-refractivity contribution >= 4 is 17.8 Å². The minimum atomic E-state index is -0.395. The third-order valence-electron chi connectivity index (χ3n) is 1.62. The minimum Gasteiger partial charge on any atom is -0.368 e. The van der Waals surface area contributed by atoms with Crippen molar-refractivity contribution in [1.82, 2.24) is 10.7 Å². The molecule has 0 unspecified atom stereocenters. The number of carbonyl (C=O) groups excluding carboxylic acids is 2. The van der Waals surface area contributed by atoms with Crippen molar-refractivity contribution < 1.29 is 9.59 Å². The Balaban J connectivity index is 2.56. The Kier molecular flexibility index (Phi) is 4.02. The predicted octanol–water partition coefficient (Wildman–Crippen LogP) is -0.218. The number of hydrogen-bond donors (Lipinski definition) is 3. The fourth-order valence-electron chi connectivity index (χ4n) is 0.973. The zero-order valence-corrected chi connectivity index (χ0v) is 8.73. The van der Waals surface area contributed by atoms with Crippen LogP contribution in [0.15, 0.2) is 35.4 Å². The number of carbonyl (C=O) groups is 2. The molecule has 0 saturated carbocycles. The first-order valence-corrected chi connectivity index (χ1v) is 4.55. The van der Waals surface area contributed by atoms with Crippen LogP contribution < -0.4 is 16.5 Å². The molecule has 0 heterocycles. The molecule has 6 nitrogen and oxygen atoms in total. The third kappa shape index (κ3) is 3.79. The van der Waals surface area contributed by atoms with Crippen LogP contribution in [-0.4, -0.2) is 17.8 Å². The van der Waals surface area contributed by atoms with Gasteiger partial charge in [-0.15, -0.1) is 5.10 Å². The number of hydrogen-bond acceptors (Lipinski definition) is 3. The molecule has 4 N–H and O–H groups in total. The zero-order valence-electron chi connectivity index (χ0n) is 8.73. The van der Waals surface area contributed by atoms with Gasteiger partial charge in [0.1, 0.15) is 0 Å². The Morgan fingerprint density at radius 2 is 1.88 bits per heavy atom. The quantitative estimate of drug-likeness (QED) is 0.365. The highest BCUT2D eigenvalue weighted by Gasteiger charge is 2.03. The lowest BCUT2D eigenvalue weighted by Crippen LogP contribution is -2.37. The first kappa shape index (κ1) is 11.7. The average Bonchev–Trinajstić information content (AvgIpc) is 2.26. The van der Waals surface area contributed by atoms with Crippen LogP contribution in [0.4, 0.5) is 0 Å². The first-order valence-electron chi connectivity index (χ1n) is 4.55. The van der Waals surface area contributed by atoms with Gasteiger partial charge in [-0.3, -0.25) is 14.9 Å². The van der Waals surface area contributed by atoms with Crippen LogP contribution in [0.3, 0.4) is 0 Å². The lowest BCUT2D eigenvalue weighted by molar-refractivity contribution is -0.117. The SMILES string of the molecule is CC(=O)NC(N)=NNC(=O)c1ccccc1. The fraction of sp³-hybridized carbons (Fsp3) is 0.100. The number of hydrazone groups is 1. The molecule has 2 amide bonds. The number of amides is 2. The Morgan fingerprint density at radius 1 is 1.25 bits per heavy atom. The molecule has 0 aliphatic carbocycles. The second kappa shape index (κ2) is 5.50. The first-order chi connectivity index (χ1) is 7.59. The van der Waals surface area contributed by atoms with Crippen molar-refractivity contribution in [3.63, 3.8) is 0 Å². The summed E-state index contributed by atoms with van der Waals surface area (Å²) in [4.78, 5) is 22.0. The highest BCUT2D eigenvalue weighted by molar-refractivity contribution is 5.97. The summed E-state index contributed by atoms with van der Waals surface area (Å²) in [6.07, 6.45) is 0. The van der Waals surface area contributed by atoms with Crippen LogP contribution in [-0.2, 0) is 4.79 Å². The molecular weight excluding hydrogens is 208 g/mol. The summed E-state index contributed by atoms with van der Waals surface area (Å²) in [5.74, 6) is -0.902. The lowest BCUT2D eigenvalue weighted by Gasteiger charge is -2.02. The zero-order chi connectivity index (χ0) is 12.0. The molecule has 1 aromatic carbocycles.